The highest BCUT2D eigenvalue weighted by molar-refractivity contribution is 7.91. The summed E-state index contributed by atoms with van der Waals surface area (Å²) < 4.78 is 24.2. The second kappa shape index (κ2) is 5.19. The number of sulfone groups is 1. The van der Waals surface area contributed by atoms with Gasteiger partial charge in [-0.25, -0.2) is 8.42 Å². The lowest BCUT2D eigenvalue weighted by molar-refractivity contribution is 0.147. The average molecular weight is 256 g/mol. The van der Waals surface area contributed by atoms with Gasteiger partial charge in [0.15, 0.2) is 9.84 Å². The van der Waals surface area contributed by atoms with E-state index < -0.39 is 15.9 Å². The Morgan fingerprint density at radius 2 is 1.82 bits per heavy atom. The molecule has 1 N–H and O–H groups in total. The van der Waals surface area contributed by atoms with Gasteiger partial charge in [0.2, 0.25) is 0 Å². The molecule has 0 aliphatic rings. The maximum atomic E-state index is 12.1. The van der Waals surface area contributed by atoms with Crippen molar-refractivity contribution in [2.24, 2.45) is 5.92 Å². The van der Waals surface area contributed by atoms with Crippen LogP contribution in [0.25, 0.3) is 0 Å². The van der Waals surface area contributed by atoms with Crippen molar-refractivity contribution in [3.05, 3.63) is 29.3 Å². The minimum absolute atomic E-state index is 0.0597. The van der Waals surface area contributed by atoms with Crippen molar-refractivity contribution in [3.8, 4) is 0 Å². The Morgan fingerprint density at radius 1 is 1.24 bits per heavy atom. The highest BCUT2D eigenvalue weighted by Gasteiger charge is 2.23. The number of hydrogen-bond donors (Lipinski definition) is 1. The van der Waals surface area contributed by atoms with E-state index >= 15 is 0 Å². The molecular formula is C13H20O3S. The van der Waals surface area contributed by atoms with E-state index in [1.54, 1.807) is 19.1 Å². The molecule has 0 aromatic heterocycles. The number of rotatable bonds is 4. The first-order chi connectivity index (χ1) is 7.74. The maximum Gasteiger partial charge on any atom is 0.181 e. The molecule has 0 heterocycles. The van der Waals surface area contributed by atoms with E-state index in [0.29, 0.717) is 4.90 Å². The van der Waals surface area contributed by atoms with Gasteiger partial charge in [-0.05, 0) is 31.4 Å². The van der Waals surface area contributed by atoms with Crippen LogP contribution in [-0.4, -0.2) is 25.4 Å². The first-order valence-electron chi connectivity index (χ1n) is 5.72. The summed E-state index contributed by atoms with van der Waals surface area (Å²) in [6.45, 7) is 7.32. The standard InChI is InChI=1S/C13H20O3S/c1-9(2)12(14)8-17(15,16)13-6-5-10(3)7-11(13)4/h5-7,9,12,14H,8H2,1-4H3. The molecule has 0 saturated heterocycles. The van der Waals surface area contributed by atoms with Gasteiger partial charge >= 0.3 is 0 Å². The fraction of sp³-hybridized carbons (Fsp3) is 0.538. The Balaban J connectivity index is 3.06. The van der Waals surface area contributed by atoms with Gasteiger partial charge in [0.05, 0.1) is 16.8 Å². The molecule has 0 amide bonds. The third-order valence-corrected chi connectivity index (χ3v) is 4.73. The van der Waals surface area contributed by atoms with Crippen LogP contribution >= 0.6 is 0 Å². The zero-order chi connectivity index (χ0) is 13.2. The van der Waals surface area contributed by atoms with Crippen LogP contribution < -0.4 is 0 Å². The van der Waals surface area contributed by atoms with Crippen molar-refractivity contribution in [2.45, 2.75) is 38.7 Å². The molecule has 0 saturated carbocycles. The first kappa shape index (κ1) is 14.2. The number of aliphatic hydroxyl groups excluding tert-OH is 1. The highest BCUT2D eigenvalue weighted by atomic mass is 32.2. The van der Waals surface area contributed by atoms with E-state index in [4.69, 9.17) is 0 Å². The molecule has 1 rings (SSSR count). The first-order valence-corrected chi connectivity index (χ1v) is 7.37. The molecule has 96 valence electrons. The lowest BCUT2D eigenvalue weighted by Crippen LogP contribution is -2.26. The Morgan fingerprint density at radius 3 is 2.29 bits per heavy atom. The van der Waals surface area contributed by atoms with Crippen molar-refractivity contribution in [1.82, 2.24) is 0 Å². The average Bonchev–Trinajstić information content (AvgIpc) is 2.15. The van der Waals surface area contributed by atoms with E-state index in [1.807, 2.05) is 26.8 Å². The molecule has 0 spiro atoms. The van der Waals surface area contributed by atoms with Gasteiger partial charge in [0, 0.05) is 0 Å². The molecule has 1 atom stereocenters. The van der Waals surface area contributed by atoms with Crippen molar-refractivity contribution in [1.29, 1.82) is 0 Å². The molecular weight excluding hydrogens is 236 g/mol. The number of hydrogen-bond acceptors (Lipinski definition) is 3. The summed E-state index contributed by atoms with van der Waals surface area (Å²) in [5.41, 5.74) is 1.77. The van der Waals surface area contributed by atoms with Gasteiger partial charge in [-0.15, -0.1) is 0 Å². The second-order valence-electron chi connectivity index (χ2n) is 4.86. The predicted molar refractivity (Wildman–Crippen MR) is 68.8 cm³/mol. The Kier molecular flexibility index (Phi) is 4.33. The minimum atomic E-state index is -3.40. The minimum Gasteiger partial charge on any atom is -0.392 e. The summed E-state index contributed by atoms with van der Waals surface area (Å²) in [6.07, 6.45) is -0.819. The molecule has 0 fully saturated rings. The smallest absolute Gasteiger partial charge is 0.181 e. The SMILES string of the molecule is Cc1ccc(S(=O)(=O)CC(O)C(C)C)c(C)c1. The van der Waals surface area contributed by atoms with Crippen LogP contribution in [0.4, 0.5) is 0 Å². The Bertz CT molecular complexity index is 489. The monoisotopic (exact) mass is 256 g/mol. The molecule has 0 radical (unpaired) electrons. The summed E-state index contributed by atoms with van der Waals surface area (Å²) >= 11 is 0. The van der Waals surface area contributed by atoms with E-state index in [0.717, 1.165) is 11.1 Å². The van der Waals surface area contributed by atoms with Crippen LogP contribution in [0.15, 0.2) is 23.1 Å². The van der Waals surface area contributed by atoms with Crippen molar-refractivity contribution in [2.75, 3.05) is 5.75 Å². The van der Waals surface area contributed by atoms with E-state index in [9.17, 15) is 13.5 Å². The van der Waals surface area contributed by atoms with E-state index in [-0.39, 0.29) is 11.7 Å². The fourth-order valence-corrected chi connectivity index (χ4v) is 3.49. The molecule has 0 aliphatic heterocycles. The summed E-state index contributed by atoms with van der Waals surface area (Å²) in [5, 5.41) is 9.69. The number of aliphatic hydroxyl groups is 1. The van der Waals surface area contributed by atoms with Crippen LogP contribution in [0, 0.1) is 19.8 Å². The Hall–Kier alpha value is -0.870. The van der Waals surface area contributed by atoms with Crippen LogP contribution in [0.1, 0.15) is 25.0 Å². The van der Waals surface area contributed by atoms with Crippen LogP contribution in [0.2, 0.25) is 0 Å². The van der Waals surface area contributed by atoms with Crippen molar-refractivity contribution >= 4 is 9.84 Å². The van der Waals surface area contributed by atoms with E-state index in [1.165, 1.54) is 0 Å². The predicted octanol–water partition coefficient (Wildman–Crippen LogP) is 2.09. The molecule has 1 aromatic carbocycles. The number of aryl methyl sites for hydroxylation is 2. The van der Waals surface area contributed by atoms with Gasteiger partial charge in [0.25, 0.3) is 0 Å². The maximum absolute atomic E-state index is 12.1. The Labute approximate surface area is 103 Å². The van der Waals surface area contributed by atoms with Gasteiger partial charge in [-0.1, -0.05) is 31.5 Å². The van der Waals surface area contributed by atoms with Crippen molar-refractivity contribution < 1.29 is 13.5 Å². The summed E-state index contributed by atoms with van der Waals surface area (Å²) in [5.74, 6) is -0.273. The highest BCUT2D eigenvalue weighted by Crippen LogP contribution is 2.19. The van der Waals surface area contributed by atoms with Crippen LogP contribution in [0.3, 0.4) is 0 Å². The number of benzene rings is 1. The zero-order valence-electron chi connectivity index (χ0n) is 10.8. The quantitative estimate of drug-likeness (QED) is 0.897. The molecule has 4 heteroatoms. The normalized spacial score (nSPS) is 14.0. The summed E-state index contributed by atoms with van der Waals surface area (Å²) in [7, 11) is -3.40. The molecule has 17 heavy (non-hydrogen) atoms. The third-order valence-electron chi connectivity index (χ3n) is 2.83. The van der Waals surface area contributed by atoms with Gasteiger partial charge in [-0.3, -0.25) is 0 Å². The second-order valence-corrected chi connectivity index (χ2v) is 6.86. The van der Waals surface area contributed by atoms with E-state index in [2.05, 4.69) is 0 Å². The molecule has 1 unspecified atom stereocenters. The molecule has 3 nitrogen and oxygen atoms in total. The molecule has 1 aromatic rings. The lowest BCUT2D eigenvalue weighted by atomic mass is 10.1. The van der Waals surface area contributed by atoms with Gasteiger partial charge in [-0.2, -0.15) is 0 Å². The van der Waals surface area contributed by atoms with Gasteiger partial charge in [0.1, 0.15) is 0 Å². The van der Waals surface area contributed by atoms with Crippen LogP contribution in [0.5, 0.6) is 0 Å². The van der Waals surface area contributed by atoms with Gasteiger partial charge < -0.3 is 5.11 Å². The summed E-state index contributed by atoms with van der Waals surface area (Å²) in [6, 6.07) is 5.24. The molecule has 0 aliphatic carbocycles. The zero-order valence-corrected chi connectivity index (χ0v) is 11.6. The topological polar surface area (TPSA) is 54.4 Å². The summed E-state index contributed by atoms with van der Waals surface area (Å²) in [4.78, 5) is 0.322. The molecule has 0 bridgehead atoms. The lowest BCUT2D eigenvalue weighted by Gasteiger charge is -2.15. The van der Waals surface area contributed by atoms with Crippen molar-refractivity contribution in [3.63, 3.8) is 0 Å². The van der Waals surface area contributed by atoms with Crippen LogP contribution in [-0.2, 0) is 9.84 Å². The third kappa shape index (κ3) is 3.54. The largest absolute Gasteiger partial charge is 0.392 e. The fourth-order valence-electron chi connectivity index (χ4n) is 1.66.